The second-order valence-electron chi connectivity index (χ2n) is 5.15. The first-order chi connectivity index (χ1) is 6.77. The number of rotatable bonds is 2. The molecule has 2 saturated heterocycles. The first kappa shape index (κ1) is 10.4. The maximum Gasteiger partial charge on any atom is 0.0195 e. The van der Waals surface area contributed by atoms with E-state index in [0.29, 0.717) is 0 Å². The normalized spacial score (nSPS) is 40.3. The Morgan fingerprint density at radius 3 is 2.79 bits per heavy atom. The summed E-state index contributed by atoms with van der Waals surface area (Å²) in [5.41, 5.74) is 0. The number of likely N-dealkylation sites (tertiary alicyclic amines) is 1. The molecule has 2 fully saturated rings. The van der Waals surface area contributed by atoms with Crippen LogP contribution in [0.15, 0.2) is 0 Å². The smallest absolute Gasteiger partial charge is 0.0195 e. The predicted octanol–water partition coefficient (Wildman–Crippen LogP) is 1.86. The molecule has 0 aromatic heterocycles. The minimum atomic E-state index is 0.780. The van der Waals surface area contributed by atoms with E-state index in [4.69, 9.17) is 0 Å². The van der Waals surface area contributed by atoms with Gasteiger partial charge in [-0.2, -0.15) is 0 Å². The summed E-state index contributed by atoms with van der Waals surface area (Å²) in [4.78, 5) is 2.69. The highest BCUT2D eigenvalue weighted by atomic mass is 15.2. The van der Waals surface area contributed by atoms with E-state index in [1.54, 1.807) is 0 Å². The topological polar surface area (TPSA) is 15.3 Å². The largest absolute Gasteiger partial charge is 0.313 e. The van der Waals surface area contributed by atoms with Gasteiger partial charge in [-0.15, -0.1) is 0 Å². The summed E-state index contributed by atoms with van der Waals surface area (Å²) in [5.74, 6) is 0.894. The van der Waals surface area contributed by atoms with Crippen LogP contribution in [0.1, 0.15) is 39.5 Å². The van der Waals surface area contributed by atoms with Gasteiger partial charge in [0, 0.05) is 18.6 Å². The van der Waals surface area contributed by atoms with Gasteiger partial charge < -0.3 is 5.32 Å². The molecule has 0 aromatic rings. The van der Waals surface area contributed by atoms with Crippen LogP contribution in [0.5, 0.6) is 0 Å². The zero-order chi connectivity index (χ0) is 9.97. The van der Waals surface area contributed by atoms with E-state index in [1.807, 2.05) is 0 Å². The Balaban J connectivity index is 1.83. The molecular formula is C12H24N2. The van der Waals surface area contributed by atoms with Crippen LogP contribution < -0.4 is 5.32 Å². The molecule has 0 radical (unpaired) electrons. The molecule has 2 aliphatic heterocycles. The summed E-state index contributed by atoms with van der Waals surface area (Å²) in [6.07, 6.45) is 5.59. The van der Waals surface area contributed by atoms with Gasteiger partial charge >= 0.3 is 0 Å². The van der Waals surface area contributed by atoms with E-state index in [1.165, 1.54) is 45.3 Å². The van der Waals surface area contributed by atoms with Crippen LogP contribution in [0.4, 0.5) is 0 Å². The summed E-state index contributed by atoms with van der Waals surface area (Å²) in [5, 5.41) is 3.60. The molecule has 2 unspecified atom stereocenters. The molecule has 0 spiro atoms. The van der Waals surface area contributed by atoms with Gasteiger partial charge in [0.1, 0.15) is 0 Å². The highest BCUT2D eigenvalue weighted by molar-refractivity contribution is 4.84. The van der Waals surface area contributed by atoms with Gasteiger partial charge in [-0.3, -0.25) is 4.90 Å². The van der Waals surface area contributed by atoms with Crippen molar-refractivity contribution in [3.8, 4) is 0 Å². The maximum absolute atomic E-state index is 3.60. The van der Waals surface area contributed by atoms with Crippen LogP contribution in [0.3, 0.4) is 0 Å². The SMILES string of the molecule is CC1CCCN(C[C@H]2CCCN2)C1C. The molecule has 0 aromatic carbocycles. The van der Waals surface area contributed by atoms with E-state index < -0.39 is 0 Å². The molecule has 0 aliphatic carbocycles. The lowest BCUT2D eigenvalue weighted by atomic mass is 9.91. The lowest BCUT2D eigenvalue weighted by molar-refractivity contribution is 0.104. The zero-order valence-corrected chi connectivity index (χ0v) is 9.63. The van der Waals surface area contributed by atoms with Crippen molar-refractivity contribution in [2.24, 2.45) is 5.92 Å². The molecule has 1 N–H and O–H groups in total. The molecule has 0 saturated carbocycles. The third-order valence-corrected chi connectivity index (χ3v) is 4.12. The Labute approximate surface area is 88.1 Å². The van der Waals surface area contributed by atoms with Crippen molar-refractivity contribution in [3.05, 3.63) is 0 Å². The van der Waals surface area contributed by atoms with Gasteiger partial charge in [0.15, 0.2) is 0 Å². The Hall–Kier alpha value is -0.0800. The number of piperidine rings is 1. The van der Waals surface area contributed by atoms with E-state index in [9.17, 15) is 0 Å². The van der Waals surface area contributed by atoms with Crippen molar-refractivity contribution in [1.82, 2.24) is 10.2 Å². The fourth-order valence-corrected chi connectivity index (χ4v) is 2.87. The van der Waals surface area contributed by atoms with Crippen LogP contribution in [0, 0.1) is 5.92 Å². The average Bonchev–Trinajstić information content (AvgIpc) is 2.66. The Morgan fingerprint density at radius 1 is 1.21 bits per heavy atom. The molecule has 2 rings (SSSR count). The van der Waals surface area contributed by atoms with Crippen molar-refractivity contribution in [2.75, 3.05) is 19.6 Å². The number of hydrogen-bond donors (Lipinski definition) is 1. The molecular weight excluding hydrogens is 172 g/mol. The van der Waals surface area contributed by atoms with Gasteiger partial charge in [-0.1, -0.05) is 6.92 Å². The first-order valence-corrected chi connectivity index (χ1v) is 6.25. The van der Waals surface area contributed by atoms with Crippen molar-refractivity contribution >= 4 is 0 Å². The van der Waals surface area contributed by atoms with Crippen molar-refractivity contribution in [1.29, 1.82) is 0 Å². The molecule has 14 heavy (non-hydrogen) atoms. The van der Waals surface area contributed by atoms with Gasteiger partial charge in [-0.05, 0) is 51.6 Å². The number of nitrogens with zero attached hydrogens (tertiary/aromatic N) is 1. The quantitative estimate of drug-likeness (QED) is 0.725. The van der Waals surface area contributed by atoms with E-state index >= 15 is 0 Å². The zero-order valence-electron chi connectivity index (χ0n) is 9.63. The molecule has 0 bridgehead atoms. The van der Waals surface area contributed by atoms with Crippen molar-refractivity contribution in [3.63, 3.8) is 0 Å². The minimum Gasteiger partial charge on any atom is -0.313 e. The summed E-state index contributed by atoms with van der Waals surface area (Å²) in [6.45, 7) is 8.65. The highest BCUT2D eigenvalue weighted by Gasteiger charge is 2.27. The molecule has 3 atom stereocenters. The number of nitrogens with one attached hydrogen (secondary N) is 1. The van der Waals surface area contributed by atoms with Crippen LogP contribution in [0.2, 0.25) is 0 Å². The standard InChI is InChI=1S/C12H24N2/c1-10-5-4-8-14(11(10)2)9-12-6-3-7-13-12/h10-13H,3-9H2,1-2H3/t10?,11?,12-/m1/s1. The molecule has 0 amide bonds. The van der Waals surface area contributed by atoms with Crippen LogP contribution in [0.25, 0.3) is 0 Å². The van der Waals surface area contributed by atoms with Gasteiger partial charge in [0.25, 0.3) is 0 Å². The van der Waals surface area contributed by atoms with E-state index in [0.717, 1.165) is 18.0 Å². The molecule has 2 heterocycles. The van der Waals surface area contributed by atoms with Crippen LogP contribution >= 0.6 is 0 Å². The Morgan fingerprint density at radius 2 is 2.07 bits per heavy atom. The summed E-state index contributed by atoms with van der Waals surface area (Å²) >= 11 is 0. The fourth-order valence-electron chi connectivity index (χ4n) is 2.87. The Bertz CT molecular complexity index is 175. The van der Waals surface area contributed by atoms with Gasteiger partial charge in [-0.25, -0.2) is 0 Å². The lowest BCUT2D eigenvalue weighted by Crippen LogP contribution is -2.47. The maximum atomic E-state index is 3.60. The predicted molar refractivity (Wildman–Crippen MR) is 60.5 cm³/mol. The number of hydrogen-bond acceptors (Lipinski definition) is 2. The molecule has 2 aliphatic rings. The van der Waals surface area contributed by atoms with Gasteiger partial charge in [0.05, 0.1) is 0 Å². The lowest BCUT2D eigenvalue weighted by Gasteiger charge is -2.39. The van der Waals surface area contributed by atoms with Crippen LogP contribution in [-0.2, 0) is 0 Å². The van der Waals surface area contributed by atoms with E-state index in [-0.39, 0.29) is 0 Å². The minimum absolute atomic E-state index is 0.780. The third kappa shape index (κ3) is 2.29. The summed E-state index contributed by atoms with van der Waals surface area (Å²) in [7, 11) is 0. The molecule has 2 nitrogen and oxygen atoms in total. The second-order valence-corrected chi connectivity index (χ2v) is 5.15. The highest BCUT2D eigenvalue weighted by Crippen LogP contribution is 2.23. The second kappa shape index (κ2) is 4.63. The monoisotopic (exact) mass is 196 g/mol. The molecule has 82 valence electrons. The van der Waals surface area contributed by atoms with Crippen molar-refractivity contribution in [2.45, 2.75) is 51.6 Å². The third-order valence-electron chi connectivity index (χ3n) is 4.12. The van der Waals surface area contributed by atoms with Crippen molar-refractivity contribution < 1.29 is 0 Å². The van der Waals surface area contributed by atoms with E-state index in [2.05, 4.69) is 24.1 Å². The fraction of sp³-hybridized carbons (Fsp3) is 1.00. The van der Waals surface area contributed by atoms with Crippen LogP contribution in [-0.4, -0.2) is 36.6 Å². The molecule has 2 heteroatoms. The average molecular weight is 196 g/mol. The Kier molecular flexibility index (Phi) is 3.45. The first-order valence-electron chi connectivity index (χ1n) is 6.25. The van der Waals surface area contributed by atoms with Gasteiger partial charge in [0.2, 0.25) is 0 Å². The summed E-state index contributed by atoms with van der Waals surface area (Å²) < 4.78 is 0. The summed E-state index contributed by atoms with van der Waals surface area (Å²) in [6, 6.07) is 1.58.